The molecule has 1 atom stereocenters. The quantitative estimate of drug-likeness (QED) is 0.184. The highest BCUT2D eigenvalue weighted by Gasteiger charge is 2.28. The second-order valence-electron chi connectivity index (χ2n) is 8.21. The van der Waals surface area contributed by atoms with Crippen molar-refractivity contribution >= 4 is 41.8 Å². The fourth-order valence-electron chi connectivity index (χ4n) is 4.33. The molecule has 1 aromatic rings. The first-order valence-corrected chi connectivity index (χ1v) is 11.7. The Kier molecular flexibility index (Phi) is 11.3. The van der Waals surface area contributed by atoms with E-state index in [1.54, 1.807) is 0 Å². The Balaban J connectivity index is 0.00000363. The molecule has 1 amide bonds. The maximum atomic E-state index is 12.7. The summed E-state index contributed by atoms with van der Waals surface area (Å²) in [6.45, 7) is 8.69. The van der Waals surface area contributed by atoms with E-state index in [1.165, 1.54) is 11.1 Å². The van der Waals surface area contributed by atoms with Gasteiger partial charge in [0.25, 0.3) is 0 Å². The lowest BCUT2D eigenvalue weighted by atomic mass is 9.98. The maximum Gasteiger partial charge on any atom is 0.310 e. The van der Waals surface area contributed by atoms with Gasteiger partial charge in [0.15, 0.2) is 5.96 Å². The van der Waals surface area contributed by atoms with Crippen molar-refractivity contribution < 1.29 is 14.3 Å². The van der Waals surface area contributed by atoms with E-state index in [2.05, 4.69) is 28.4 Å². The third-order valence-electron chi connectivity index (χ3n) is 5.97. The van der Waals surface area contributed by atoms with Crippen LogP contribution >= 0.6 is 24.0 Å². The van der Waals surface area contributed by atoms with E-state index < -0.39 is 0 Å². The van der Waals surface area contributed by atoms with Gasteiger partial charge in [0.05, 0.1) is 12.5 Å². The number of halogens is 1. The van der Waals surface area contributed by atoms with Crippen LogP contribution in [0.15, 0.2) is 29.3 Å². The zero-order valence-electron chi connectivity index (χ0n) is 19.3. The van der Waals surface area contributed by atoms with Gasteiger partial charge in [0.2, 0.25) is 5.91 Å². The van der Waals surface area contributed by atoms with E-state index in [4.69, 9.17) is 9.73 Å². The molecule has 3 rings (SSSR count). The molecule has 0 saturated carbocycles. The van der Waals surface area contributed by atoms with Crippen molar-refractivity contribution in [3.63, 3.8) is 0 Å². The van der Waals surface area contributed by atoms with Gasteiger partial charge in [-0.2, -0.15) is 0 Å². The molecule has 1 N–H and O–H groups in total. The van der Waals surface area contributed by atoms with Crippen molar-refractivity contribution in [2.45, 2.75) is 52.5 Å². The molecule has 32 heavy (non-hydrogen) atoms. The van der Waals surface area contributed by atoms with Gasteiger partial charge in [0, 0.05) is 45.7 Å². The van der Waals surface area contributed by atoms with Crippen LogP contribution in [0, 0.1) is 5.92 Å². The zero-order chi connectivity index (χ0) is 22.1. The Hall–Kier alpha value is -1.84. The highest BCUT2D eigenvalue weighted by Crippen LogP contribution is 2.20. The predicted octanol–water partition coefficient (Wildman–Crippen LogP) is 3.21. The van der Waals surface area contributed by atoms with Crippen LogP contribution in [0.4, 0.5) is 0 Å². The normalized spacial score (nSPS) is 18.4. The zero-order valence-corrected chi connectivity index (χ0v) is 21.7. The van der Waals surface area contributed by atoms with Crippen LogP contribution < -0.4 is 5.32 Å². The monoisotopic (exact) mass is 556 g/mol. The van der Waals surface area contributed by atoms with Crippen LogP contribution in [0.1, 0.15) is 50.7 Å². The molecule has 2 aliphatic heterocycles. The van der Waals surface area contributed by atoms with Gasteiger partial charge in [-0.3, -0.25) is 14.6 Å². The minimum Gasteiger partial charge on any atom is -0.466 e. The first kappa shape index (κ1) is 26.4. The van der Waals surface area contributed by atoms with E-state index >= 15 is 0 Å². The molecular weight excluding hydrogens is 519 g/mol. The number of ether oxygens (including phenoxy) is 1. The molecule has 0 bridgehead atoms. The van der Waals surface area contributed by atoms with Gasteiger partial charge in [-0.05, 0) is 50.7 Å². The van der Waals surface area contributed by atoms with Gasteiger partial charge in [-0.25, -0.2) is 0 Å². The van der Waals surface area contributed by atoms with Crippen molar-refractivity contribution in [3.8, 4) is 0 Å². The van der Waals surface area contributed by atoms with Gasteiger partial charge < -0.3 is 19.9 Å². The second kappa shape index (κ2) is 13.6. The Bertz CT molecular complexity index is 786. The van der Waals surface area contributed by atoms with Crippen molar-refractivity contribution in [3.05, 3.63) is 35.4 Å². The molecule has 2 heterocycles. The number of esters is 1. The fraction of sp³-hybridized carbons (Fsp3) is 0.625. The van der Waals surface area contributed by atoms with Crippen LogP contribution in [-0.4, -0.2) is 67.0 Å². The number of piperidine rings is 1. The Morgan fingerprint density at radius 1 is 1.16 bits per heavy atom. The van der Waals surface area contributed by atoms with Crippen LogP contribution in [0.5, 0.6) is 0 Å². The van der Waals surface area contributed by atoms with E-state index in [0.29, 0.717) is 32.7 Å². The largest absolute Gasteiger partial charge is 0.466 e. The van der Waals surface area contributed by atoms with Gasteiger partial charge >= 0.3 is 5.97 Å². The number of fused-ring (bicyclic) bond motifs is 1. The Labute approximate surface area is 209 Å². The number of guanidine groups is 1. The van der Waals surface area contributed by atoms with Crippen LogP contribution in [0.25, 0.3) is 0 Å². The summed E-state index contributed by atoms with van der Waals surface area (Å²) in [7, 11) is 0. The highest BCUT2D eigenvalue weighted by molar-refractivity contribution is 14.0. The SMILES string of the molecule is CCNC(=NCCCC(=O)N1CCc2ccccc2C1)N1CCC[C@@H](C(=O)OCC)C1.I. The number of hydrogen-bond donors (Lipinski definition) is 1. The summed E-state index contributed by atoms with van der Waals surface area (Å²) in [5.74, 6) is 0.823. The lowest BCUT2D eigenvalue weighted by Gasteiger charge is -2.34. The molecule has 0 aromatic heterocycles. The second-order valence-corrected chi connectivity index (χ2v) is 8.21. The number of amides is 1. The molecule has 1 aromatic carbocycles. The molecule has 7 nitrogen and oxygen atoms in total. The summed E-state index contributed by atoms with van der Waals surface area (Å²) in [4.78, 5) is 33.6. The Morgan fingerprint density at radius 2 is 1.94 bits per heavy atom. The number of carbonyl (C=O) groups excluding carboxylic acids is 2. The molecular formula is C24H37IN4O3. The van der Waals surface area contributed by atoms with Gasteiger partial charge in [0.1, 0.15) is 0 Å². The van der Waals surface area contributed by atoms with Crippen molar-refractivity contribution in [2.24, 2.45) is 10.9 Å². The molecule has 178 valence electrons. The number of carbonyl (C=O) groups is 2. The van der Waals surface area contributed by atoms with Crippen molar-refractivity contribution in [1.82, 2.24) is 15.1 Å². The number of rotatable bonds is 7. The average Bonchev–Trinajstić information content (AvgIpc) is 2.80. The number of benzene rings is 1. The van der Waals surface area contributed by atoms with E-state index in [9.17, 15) is 9.59 Å². The molecule has 8 heteroatoms. The van der Waals surface area contributed by atoms with Gasteiger partial charge in [-0.15, -0.1) is 24.0 Å². The third kappa shape index (κ3) is 7.35. The van der Waals surface area contributed by atoms with E-state index in [0.717, 1.165) is 51.3 Å². The number of nitrogens with one attached hydrogen (secondary N) is 1. The summed E-state index contributed by atoms with van der Waals surface area (Å²) >= 11 is 0. The number of hydrogen-bond acceptors (Lipinski definition) is 4. The first-order chi connectivity index (χ1) is 15.1. The number of aliphatic imine (C=N–C) groups is 1. The smallest absolute Gasteiger partial charge is 0.310 e. The van der Waals surface area contributed by atoms with Crippen LogP contribution in [-0.2, 0) is 27.3 Å². The van der Waals surface area contributed by atoms with Crippen molar-refractivity contribution in [1.29, 1.82) is 0 Å². The molecule has 0 radical (unpaired) electrons. The molecule has 0 aliphatic carbocycles. The molecule has 2 aliphatic rings. The van der Waals surface area contributed by atoms with Crippen LogP contribution in [0.2, 0.25) is 0 Å². The Morgan fingerprint density at radius 3 is 2.69 bits per heavy atom. The van der Waals surface area contributed by atoms with Gasteiger partial charge in [-0.1, -0.05) is 24.3 Å². The summed E-state index contributed by atoms with van der Waals surface area (Å²) < 4.78 is 5.21. The lowest BCUT2D eigenvalue weighted by molar-refractivity contribution is -0.149. The third-order valence-corrected chi connectivity index (χ3v) is 5.97. The highest BCUT2D eigenvalue weighted by atomic mass is 127. The fourth-order valence-corrected chi connectivity index (χ4v) is 4.33. The average molecular weight is 556 g/mol. The van der Waals surface area contributed by atoms with Crippen molar-refractivity contribution in [2.75, 3.05) is 39.3 Å². The standard InChI is InChI=1S/C24H36N4O3.HI/c1-3-25-24(28-15-8-11-21(18-28)23(30)31-4-2)26-14-7-12-22(29)27-16-13-19-9-5-6-10-20(19)17-27;/h5-6,9-10,21H,3-4,7-8,11-18H2,1-2H3,(H,25,26);1H/t21-;/m1./s1. The lowest BCUT2D eigenvalue weighted by Crippen LogP contribution is -2.48. The molecule has 1 saturated heterocycles. The van der Waals surface area contributed by atoms with Crippen LogP contribution in [0.3, 0.4) is 0 Å². The minimum absolute atomic E-state index is 0. The predicted molar refractivity (Wildman–Crippen MR) is 137 cm³/mol. The molecule has 0 spiro atoms. The summed E-state index contributed by atoms with van der Waals surface area (Å²) in [5.41, 5.74) is 2.62. The first-order valence-electron chi connectivity index (χ1n) is 11.7. The molecule has 0 unspecified atom stereocenters. The topological polar surface area (TPSA) is 74.2 Å². The number of nitrogens with zero attached hydrogens (tertiary/aromatic N) is 3. The number of likely N-dealkylation sites (tertiary alicyclic amines) is 1. The molecule has 1 fully saturated rings. The summed E-state index contributed by atoms with van der Waals surface area (Å²) in [6.07, 6.45) is 3.98. The summed E-state index contributed by atoms with van der Waals surface area (Å²) in [5, 5.41) is 3.33. The maximum absolute atomic E-state index is 12.7. The van der Waals surface area contributed by atoms with E-state index in [-0.39, 0.29) is 41.8 Å². The van der Waals surface area contributed by atoms with E-state index in [1.807, 2.05) is 24.8 Å². The summed E-state index contributed by atoms with van der Waals surface area (Å²) in [6, 6.07) is 8.37. The minimum atomic E-state index is -0.114.